The number of carbonyl (C=O) groups excluding carboxylic acids is 1. The molecule has 8 heteroatoms. The average Bonchev–Trinajstić information content (AvgIpc) is 3.28. The number of nitrogens with one attached hydrogen (secondary N) is 1. The number of thiazole rings is 1. The summed E-state index contributed by atoms with van der Waals surface area (Å²) < 4.78 is 0. The zero-order chi connectivity index (χ0) is 21.9. The number of rotatable bonds is 5. The van der Waals surface area contributed by atoms with Crippen molar-refractivity contribution in [1.29, 1.82) is 0 Å². The van der Waals surface area contributed by atoms with E-state index < -0.39 is 6.03 Å². The number of urea groups is 1. The first-order valence-electron chi connectivity index (χ1n) is 10.4. The quantitative estimate of drug-likeness (QED) is 0.482. The minimum atomic E-state index is -0.550. The lowest BCUT2D eigenvalue weighted by Crippen LogP contribution is -2.30. The van der Waals surface area contributed by atoms with E-state index >= 15 is 0 Å². The number of fused-ring (bicyclic) bond motifs is 1. The molecule has 5 rings (SSSR count). The Hall–Kier alpha value is -3.78. The van der Waals surface area contributed by atoms with Crippen molar-refractivity contribution in [3.05, 3.63) is 88.7 Å². The van der Waals surface area contributed by atoms with Crippen molar-refractivity contribution in [2.75, 3.05) is 16.8 Å². The number of nitrogens with zero attached hydrogens (tertiary/aromatic N) is 4. The van der Waals surface area contributed by atoms with Crippen LogP contribution in [0.5, 0.6) is 0 Å². The first-order valence-corrected chi connectivity index (χ1v) is 11.2. The molecular weight excluding hydrogens is 420 g/mol. The molecule has 0 unspecified atom stereocenters. The number of anilines is 2. The van der Waals surface area contributed by atoms with Gasteiger partial charge in [0.05, 0.1) is 0 Å². The fourth-order valence-electron chi connectivity index (χ4n) is 3.89. The smallest absolute Gasteiger partial charge is 0.316 e. The van der Waals surface area contributed by atoms with Crippen LogP contribution >= 0.6 is 11.3 Å². The second kappa shape index (κ2) is 8.76. The van der Waals surface area contributed by atoms with Crippen LogP contribution in [0.1, 0.15) is 21.6 Å². The molecule has 0 bridgehead atoms. The lowest BCUT2D eigenvalue weighted by molar-refractivity contribution is 0.259. The van der Waals surface area contributed by atoms with E-state index in [-0.39, 0.29) is 0 Å². The van der Waals surface area contributed by atoms with Gasteiger partial charge in [-0.2, -0.15) is 0 Å². The van der Waals surface area contributed by atoms with E-state index in [1.807, 2.05) is 24.4 Å². The van der Waals surface area contributed by atoms with Gasteiger partial charge >= 0.3 is 6.03 Å². The summed E-state index contributed by atoms with van der Waals surface area (Å²) in [5, 5.41) is 3.68. The van der Waals surface area contributed by atoms with E-state index in [9.17, 15) is 4.79 Å². The summed E-state index contributed by atoms with van der Waals surface area (Å²) in [4.78, 5) is 27.9. The van der Waals surface area contributed by atoms with E-state index in [1.165, 1.54) is 21.6 Å². The highest BCUT2D eigenvalue weighted by Crippen LogP contribution is 2.30. The molecular formula is C24H22N6OS. The molecule has 0 saturated heterocycles. The van der Waals surface area contributed by atoms with Crippen LogP contribution in [0.2, 0.25) is 0 Å². The van der Waals surface area contributed by atoms with Crippen molar-refractivity contribution in [3.8, 4) is 11.4 Å². The summed E-state index contributed by atoms with van der Waals surface area (Å²) in [5.74, 6) is 0.735. The van der Waals surface area contributed by atoms with Gasteiger partial charge in [0, 0.05) is 54.2 Å². The summed E-state index contributed by atoms with van der Waals surface area (Å²) in [6, 6.07) is 15.6. The topological polar surface area (TPSA) is 97.0 Å². The normalized spacial score (nSPS) is 12.9. The van der Waals surface area contributed by atoms with Gasteiger partial charge < -0.3 is 16.0 Å². The van der Waals surface area contributed by atoms with Crippen molar-refractivity contribution >= 4 is 28.2 Å². The number of amides is 2. The molecule has 4 aromatic rings. The van der Waals surface area contributed by atoms with Crippen LogP contribution in [0.15, 0.2) is 67.1 Å². The highest BCUT2D eigenvalue weighted by atomic mass is 32.1. The van der Waals surface area contributed by atoms with Gasteiger partial charge in [-0.05, 0) is 41.3 Å². The second-order valence-electron chi connectivity index (χ2n) is 7.70. The molecule has 2 aromatic carbocycles. The number of carbonyl (C=O) groups is 1. The fraction of sp³-hybridized carbons (Fsp3) is 0.167. The maximum absolute atomic E-state index is 11.2. The van der Waals surface area contributed by atoms with Crippen LogP contribution in [-0.2, 0) is 19.4 Å². The third kappa shape index (κ3) is 4.45. The standard InChI is InChI=1S/C24H22N6OS/c25-23(31)29-20-7-6-17-8-11-30(15-19(17)13-20)24-28-14-21(32-24)12-16-2-4-18(5-3-16)22-26-9-1-10-27-22/h1-7,9-10,13-14H,8,11-12,15H2,(H3,25,29,31). The van der Waals surface area contributed by atoms with E-state index in [0.717, 1.165) is 48.1 Å². The number of hydrogen-bond donors (Lipinski definition) is 2. The Morgan fingerprint density at radius 3 is 2.66 bits per heavy atom. The molecule has 32 heavy (non-hydrogen) atoms. The SMILES string of the molecule is NC(=O)Nc1ccc2c(c1)CN(c1ncc(Cc3ccc(-c4ncccn4)cc3)s1)CC2. The third-order valence-corrected chi connectivity index (χ3v) is 6.51. The molecule has 0 fully saturated rings. The monoisotopic (exact) mass is 442 g/mol. The Morgan fingerprint density at radius 1 is 1.06 bits per heavy atom. The molecule has 0 atom stereocenters. The molecule has 7 nitrogen and oxygen atoms in total. The predicted octanol–water partition coefficient (Wildman–Crippen LogP) is 4.24. The lowest BCUT2D eigenvalue weighted by Gasteiger charge is -2.28. The van der Waals surface area contributed by atoms with Crippen LogP contribution in [0.4, 0.5) is 15.6 Å². The van der Waals surface area contributed by atoms with Gasteiger partial charge in [-0.3, -0.25) is 0 Å². The first kappa shape index (κ1) is 20.1. The molecule has 2 amide bonds. The zero-order valence-electron chi connectivity index (χ0n) is 17.4. The van der Waals surface area contributed by atoms with Crippen LogP contribution in [0.25, 0.3) is 11.4 Å². The number of hydrogen-bond acceptors (Lipinski definition) is 6. The average molecular weight is 443 g/mol. The summed E-state index contributed by atoms with van der Waals surface area (Å²) in [6.07, 6.45) is 7.26. The molecule has 3 heterocycles. The number of nitrogens with two attached hydrogens (primary N) is 1. The van der Waals surface area contributed by atoms with Gasteiger partial charge in [0.15, 0.2) is 11.0 Å². The molecule has 160 valence electrons. The molecule has 1 aliphatic heterocycles. The van der Waals surface area contributed by atoms with Crippen molar-refractivity contribution in [1.82, 2.24) is 15.0 Å². The van der Waals surface area contributed by atoms with E-state index in [1.54, 1.807) is 23.7 Å². The molecule has 0 saturated carbocycles. The molecule has 0 radical (unpaired) electrons. The maximum atomic E-state index is 11.2. The molecule has 2 aromatic heterocycles. The highest BCUT2D eigenvalue weighted by molar-refractivity contribution is 7.15. The summed E-state index contributed by atoms with van der Waals surface area (Å²) in [5.41, 5.74) is 10.7. The van der Waals surface area contributed by atoms with Gasteiger partial charge in [0.1, 0.15) is 0 Å². The Balaban J connectivity index is 1.27. The van der Waals surface area contributed by atoms with Gasteiger partial charge in [0.25, 0.3) is 0 Å². The van der Waals surface area contributed by atoms with Crippen molar-refractivity contribution in [3.63, 3.8) is 0 Å². The molecule has 0 aliphatic carbocycles. The Labute approximate surface area is 190 Å². The number of primary amides is 1. The van der Waals surface area contributed by atoms with Crippen molar-refractivity contribution < 1.29 is 4.79 Å². The van der Waals surface area contributed by atoms with E-state index in [0.29, 0.717) is 0 Å². The number of benzene rings is 2. The van der Waals surface area contributed by atoms with Crippen LogP contribution in [0.3, 0.4) is 0 Å². The Morgan fingerprint density at radius 2 is 1.88 bits per heavy atom. The highest BCUT2D eigenvalue weighted by Gasteiger charge is 2.19. The predicted molar refractivity (Wildman–Crippen MR) is 127 cm³/mol. The third-order valence-electron chi connectivity index (χ3n) is 5.45. The lowest BCUT2D eigenvalue weighted by atomic mass is 9.99. The fourth-order valence-corrected chi connectivity index (χ4v) is 4.86. The molecule has 0 spiro atoms. The largest absolute Gasteiger partial charge is 0.351 e. The minimum Gasteiger partial charge on any atom is -0.351 e. The Bertz CT molecular complexity index is 1240. The summed E-state index contributed by atoms with van der Waals surface area (Å²) >= 11 is 1.72. The summed E-state index contributed by atoms with van der Waals surface area (Å²) in [6.45, 7) is 1.69. The number of aromatic nitrogens is 3. The summed E-state index contributed by atoms with van der Waals surface area (Å²) in [7, 11) is 0. The Kier molecular flexibility index (Phi) is 5.51. The van der Waals surface area contributed by atoms with Crippen LogP contribution in [0, 0.1) is 0 Å². The minimum absolute atomic E-state index is 0.550. The second-order valence-corrected chi connectivity index (χ2v) is 8.79. The van der Waals surface area contributed by atoms with Crippen LogP contribution in [-0.4, -0.2) is 27.5 Å². The van der Waals surface area contributed by atoms with E-state index in [2.05, 4.69) is 55.5 Å². The zero-order valence-corrected chi connectivity index (χ0v) is 18.2. The maximum Gasteiger partial charge on any atom is 0.316 e. The van der Waals surface area contributed by atoms with Crippen molar-refractivity contribution in [2.24, 2.45) is 5.73 Å². The van der Waals surface area contributed by atoms with Gasteiger partial charge in [0.2, 0.25) is 0 Å². The van der Waals surface area contributed by atoms with Gasteiger partial charge in [-0.25, -0.2) is 19.7 Å². The van der Waals surface area contributed by atoms with Crippen molar-refractivity contribution in [2.45, 2.75) is 19.4 Å². The van der Waals surface area contributed by atoms with E-state index in [4.69, 9.17) is 5.73 Å². The first-order chi connectivity index (χ1) is 15.6. The molecule has 3 N–H and O–H groups in total. The van der Waals surface area contributed by atoms with Crippen LogP contribution < -0.4 is 16.0 Å². The van der Waals surface area contributed by atoms with Gasteiger partial charge in [-0.15, -0.1) is 11.3 Å². The van der Waals surface area contributed by atoms with Gasteiger partial charge in [-0.1, -0.05) is 30.3 Å². The molecule has 1 aliphatic rings.